The number of anilines is 1. The monoisotopic (exact) mass is 378 g/mol. The molecule has 1 fully saturated rings. The number of benzene rings is 1. The van der Waals surface area contributed by atoms with Gasteiger partial charge in [0.1, 0.15) is 0 Å². The van der Waals surface area contributed by atoms with Gasteiger partial charge in [-0.1, -0.05) is 18.5 Å². The topological polar surface area (TPSA) is 15.3 Å². The quantitative estimate of drug-likeness (QED) is 0.785. The summed E-state index contributed by atoms with van der Waals surface area (Å²) in [5.74, 6) is 0. The molecule has 1 heterocycles. The predicted molar refractivity (Wildman–Crippen MR) is 87.7 cm³/mol. The van der Waals surface area contributed by atoms with Crippen LogP contribution in [0.15, 0.2) is 18.2 Å². The van der Waals surface area contributed by atoms with Crippen LogP contribution >= 0.6 is 34.2 Å². The molecule has 18 heavy (non-hydrogen) atoms. The van der Waals surface area contributed by atoms with Crippen LogP contribution in [0.3, 0.4) is 0 Å². The van der Waals surface area contributed by atoms with Gasteiger partial charge in [0.25, 0.3) is 0 Å². The molecule has 1 atom stereocenters. The summed E-state index contributed by atoms with van der Waals surface area (Å²) in [7, 11) is 0. The molecule has 0 amide bonds. The van der Waals surface area contributed by atoms with E-state index in [1.807, 2.05) is 6.07 Å². The Balaban J connectivity index is 2.25. The van der Waals surface area contributed by atoms with Gasteiger partial charge in [-0.25, -0.2) is 0 Å². The third kappa shape index (κ3) is 3.31. The van der Waals surface area contributed by atoms with E-state index in [1.165, 1.54) is 9.26 Å². The minimum atomic E-state index is 0.183. The molecule has 1 aromatic rings. The van der Waals surface area contributed by atoms with Crippen LogP contribution in [0.25, 0.3) is 0 Å². The lowest BCUT2D eigenvalue weighted by Gasteiger charge is -2.34. The Labute approximate surface area is 128 Å². The summed E-state index contributed by atoms with van der Waals surface area (Å²) < 4.78 is 1.19. The summed E-state index contributed by atoms with van der Waals surface area (Å²) in [6.45, 7) is 7.72. The van der Waals surface area contributed by atoms with Crippen LogP contribution in [0.4, 0.5) is 5.69 Å². The minimum absolute atomic E-state index is 0.183. The molecule has 0 aliphatic carbocycles. The molecule has 100 valence electrons. The number of hydrogen-bond donors (Lipinski definition) is 1. The SMILES string of the molecule is CCC1(C)CN(c2ccc(I)cc2Cl)CCCN1. The molecule has 1 saturated heterocycles. The van der Waals surface area contributed by atoms with Crippen molar-refractivity contribution < 1.29 is 0 Å². The predicted octanol–water partition coefficient (Wildman–Crippen LogP) is 3.91. The molecule has 0 aromatic heterocycles. The summed E-state index contributed by atoms with van der Waals surface area (Å²) in [6.07, 6.45) is 2.30. The van der Waals surface area contributed by atoms with E-state index in [0.717, 1.165) is 37.5 Å². The van der Waals surface area contributed by atoms with Crippen LogP contribution in [-0.2, 0) is 0 Å². The molecule has 1 aliphatic rings. The summed E-state index contributed by atoms with van der Waals surface area (Å²) in [5, 5.41) is 4.52. The van der Waals surface area contributed by atoms with E-state index in [1.54, 1.807) is 0 Å². The van der Waals surface area contributed by atoms with Gasteiger partial charge in [0.2, 0.25) is 0 Å². The molecule has 0 radical (unpaired) electrons. The third-order valence-corrected chi connectivity index (χ3v) is 4.70. The lowest BCUT2D eigenvalue weighted by molar-refractivity contribution is 0.366. The standard InChI is InChI=1S/C14H20ClIN2/c1-3-14(2)10-18(8-4-7-17-14)13-6-5-11(16)9-12(13)15/h5-6,9,17H,3-4,7-8,10H2,1-2H3. The third-order valence-electron chi connectivity index (χ3n) is 3.73. The van der Waals surface area contributed by atoms with E-state index in [4.69, 9.17) is 11.6 Å². The fourth-order valence-electron chi connectivity index (χ4n) is 2.40. The maximum atomic E-state index is 6.39. The van der Waals surface area contributed by atoms with Gasteiger partial charge in [-0.3, -0.25) is 0 Å². The van der Waals surface area contributed by atoms with Crippen molar-refractivity contribution in [1.29, 1.82) is 0 Å². The second-order valence-corrected chi connectivity index (χ2v) is 6.86. The molecule has 0 bridgehead atoms. The van der Waals surface area contributed by atoms with Crippen molar-refractivity contribution in [2.45, 2.75) is 32.2 Å². The average Bonchev–Trinajstić information content (AvgIpc) is 2.52. The number of nitrogens with zero attached hydrogens (tertiary/aromatic N) is 1. The molecule has 1 aliphatic heterocycles. The van der Waals surface area contributed by atoms with Crippen LogP contribution in [0, 0.1) is 3.57 Å². The Bertz CT molecular complexity index is 424. The van der Waals surface area contributed by atoms with Gasteiger partial charge in [-0.15, -0.1) is 0 Å². The Morgan fingerprint density at radius 2 is 2.28 bits per heavy atom. The van der Waals surface area contributed by atoms with Crippen molar-refractivity contribution >= 4 is 39.9 Å². The maximum Gasteiger partial charge on any atom is 0.0650 e. The van der Waals surface area contributed by atoms with E-state index in [2.05, 4.69) is 58.8 Å². The zero-order chi connectivity index (χ0) is 13.2. The Morgan fingerprint density at radius 1 is 1.50 bits per heavy atom. The number of hydrogen-bond acceptors (Lipinski definition) is 2. The summed E-state index contributed by atoms with van der Waals surface area (Å²) in [4.78, 5) is 2.42. The smallest absolute Gasteiger partial charge is 0.0650 e. The Morgan fingerprint density at radius 3 is 2.94 bits per heavy atom. The van der Waals surface area contributed by atoms with E-state index in [9.17, 15) is 0 Å². The van der Waals surface area contributed by atoms with Gasteiger partial charge in [-0.05, 0) is 67.1 Å². The average molecular weight is 379 g/mol. The van der Waals surface area contributed by atoms with E-state index < -0.39 is 0 Å². The lowest BCUT2D eigenvalue weighted by Crippen LogP contribution is -2.48. The first-order chi connectivity index (χ1) is 8.54. The fraction of sp³-hybridized carbons (Fsp3) is 0.571. The molecule has 4 heteroatoms. The van der Waals surface area contributed by atoms with Gasteiger partial charge >= 0.3 is 0 Å². The number of rotatable bonds is 2. The van der Waals surface area contributed by atoms with Crippen molar-refractivity contribution in [2.24, 2.45) is 0 Å². The van der Waals surface area contributed by atoms with Gasteiger partial charge in [0, 0.05) is 22.2 Å². The number of halogens is 2. The number of nitrogens with one attached hydrogen (secondary N) is 1. The minimum Gasteiger partial charge on any atom is -0.368 e. The normalized spacial score (nSPS) is 25.0. The van der Waals surface area contributed by atoms with Crippen LogP contribution in [0.5, 0.6) is 0 Å². The van der Waals surface area contributed by atoms with E-state index in [-0.39, 0.29) is 5.54 Å². The highest BCUT2D eigenvalue weighted by molar-refractivity contribution is 14.1. The van der Waals surface area contributed by atoms with Crippen molar-refractivity contribution in [3.63, 3.8) is 0 Å². The van der Waals surface area contributed by atoms with Gasteiger partial charge in [0.15, 0.2) is 0 Å². The van der Waals surface area contributed by atoms with Crippen LogP contribution in [-0.4, -0.2) is 25.2 Å². The Kier molecular flexibility index (Phi) is 4.78. The fourth-order valence-corrected chi connectivity index (χ4v) is 3.37. The van der Waals surface area contributed by atoms with Crippen molar-refractivity contribution in [3.8, 4) is 0 Å². The lowest BCUT2D eigenvalue weighted by atomic mass is 9.98. The molecule has 2 nitrogen and oxygen atoms in total. The van der Waals surface area contributed by atoms with E-state index >= 15 is 0 Å². The van der Waals surface area contributed by atoms with Crippen LogP contribution < -0.4 is 10.2 Å². The summed E-state index contributed by atoms with van der Waals surface area (Å²) >= 11 is 8.69. The van der Waals surface area contributed by atoms with Gasteiger partial charge in [-0.2, -0.15) is 0 Å². The first-order valence-electron chi connectivity index (χ1n) is 6.49. The van der Waals surface area contributed by atoms with Crippen molar-refractivity contribution in [3.05, 3.63) is 26.8 Å². The summed E-state index contributed by atoms with van der Waals surface area (Å²) in [6, 6.07) is 6.31. The maximum absolute atomic E-state index is 6.39. The molecular formula is C14H20ClIN2. The second kappa shape index (κ2) is 5.97. The first kappa shape index (κ1) is 14.4. The van der Waals surface area contributed by atoms with E-state index in [0.29, 0.717) is 0 Å². The Hall–Kier alpha value is -0.000000000000000132. The van der Waals surface area contributed by atoms with Crippen LogP contribution in [0.2, 0.25) is 5.02 Å². The molecule has 2 rings (SSSR count). The molecule has 1 aromatic carbocycles. The molecule has 1 unspecified atom stereocenters. The van der Waals surface area contributed by atoms with Crippen LogP contribution in [0.1, 0.15) is 26.7 Å². The highest BCUT2D eigenvalue weighted by Gasteiger charge is 2.27. The second-order valence-electron chi connectivity index (χ2n) is 5.21. The van der Waals surface area contributed by atoms with Crippen molar-refractivity contribution in [2.75, 3.05) is 24.5 Å². The molecule has 0 spiro atoms. The first-order valence-corrected chi connectivity index (χ1v) is 7.95. The highest BCUT2D eigenvalue weighted by atomic mass is 127. The van der Waals surface area contributed by atoms with Gasteiger partial charge in [0.05, 0.1) is 10.7 Å². The molecular weight excluding hydrogens is 359 g/mol. The highest BCUT2D eigenvalue weighted by Crippen LogP contribution is 2.30. The zero-order valence-corrected chi connectivity index (χ0v) is 13.9. The van der Waals surface area contributed by atoms with Gasteiger partial charge < -0.3 is 10.2 Å². The summed E-state index contributed by atoms with van der Waals surface area (Å²) in [5.41, 5.74) is 1.35. The molecule has 0 saturated carbocycles. The largest absolute Gasteiger partial charge is 0.368 e. The van der Waals surface area contributed by atoms with Crippen molar-refractivity contribution in [1.82, 2.24) is 5.32 Å². The zero-order valence-electron chi connectivity index (χ0n) is 11.0. The molecule has 1 N–H and O–H groups in total.